The second-order valence-corrected chi connectivity index (χ2v) is 6.21. The van der Waals surface area contributed by atoms with Crippen LogP contribution in [0.4, 0.5) is 0 Å². The van der Waals surface area contributed by atoms with E-state index in [-0.39, 0.29) is 5.69 Å². The van der Waals surface area contributed by atoms with Gasteiger partial charge in [-0.2, -0.15) is 0 Å². The van der Waals surface area contributed by atoms with Crippen LogP contribution >= 0.6 is 0 Å². The third-order valence-electron chi connectivity index (χ3n) is 4.60. The van der Waals surface area contributed by atoms with E-state index in [1.54, 1.807) is 13.2 Å². The molecule has 1 aromatic carbocycles. The Balaban J connectivity index is 2.10. The molecular weight excluding hydrogens is 316 g/mol. The number of hydrogen-bond acceptors (Lipinski definition) is 3. The van der Waals surface area contributed by atoms with Gasteiger partial charge in [0.2, 0.25) is 0 Å². The number of ether oxygens (including phenoxy) is 1. The van der Waals surface area contributed by atoms with Crippen molar-refractivity contribution < 1.29 is 14.6 Å². The quantitative estimate of drug-likeness (QED) is 0.727. The van der Waals surface area contributed by atoms with Gasteiger partial charge in [0, 0.05) is 16.6 Å². The topological polar surface area (TPSA) is 64.3 Å². The summed E-state index contributed by atoms with van der Waals surface area (Å²) in [6, 6.07) is 13.3. The van der Waals surface area contributed by atoms with Gasteiger partial charge in [0.1, 0.15) is 11.4 Å². The fourth-order valence-electron chi connectivity index (χ4n) is 3.04. The fourth-order valence-corrected chi connectivity index (χ4v) is 3.04. The standard InChI is InChI=1S/C20H22N2O3/c1-4-13(2)19-11-14-10-16(25-3)8-9-18(14)22(19)12-15-6-5-7-17(21-15)20(23)24/h5-11,13H,4,12H2,1-3H3,(H,23,24). The molecule has 1 N–H and O–H groups in total. The lowest BCUT2D eigenvalue weighted by atomic mass is 10.0. The smallest absolute Gasteiger partial charge is 0.354 e. The van der Waals surface area contributed by atoms with Crippen molar-refractivity contribution in [1.82, 2.24) is 9.55 Å². The molecule has 0 amide bonds. The van der Waals surface area contributed by atoms with Crippen LogP contribution in [0.2, 0.25) is 0 Å². The average molecular weight is 338 g/mol. The van der Waals surface area contributed by atoms with Crippen molar-refractivity contribution in [3.8, 4) is 5.75 Å². The van der Waals surface area contributed by atoms with Crippen molar-refractivity contribution in [2.75, 3.05) is 7.11 Å². The lowest BCUT2D eigenvalue weighted by molar-refractivity contribution is 0.0690. The van der Waals surface area contributed by atoms with Crippen LogP contribution in [0.25, 0.3) is 10.9 Å². The molecule has 5 heteroatoms. The zero-order valence-electron chi connectivity index (χ0n) is 14.7. The summed E-state index contributed by atoms with van der Waals surface area (Å²) >= 11 is 0. The van der Waals surface area contributed by atoms with Crippen LogP contribution in [0.1, 0.15) is 48.1 Å². The number of methoxy groups -OCH3 is 1. The van der Waals surface area contributed by atoms with E-state index in [0.717, 1.165) is 28.8 Å². The first-order valence-electron chi connectivity index (χ1n) is 8.40. The Morgan fingerprint density at radius 1 is 1.28 bits per heavy atom. The molecule has 5 nitrogen and oxygen atoms in total. The maximum atomic E-state index is 11.2. The summed E-state index contributed by atoms with van der Waals surface area (Å²) in [6.07, 6.45) is 1.02. The number of fused-ring (bicyclic) bond motifs is 1. The summed E-state index contributed by atoms with van der Waals surface area (Å²) in [6.45, 7) is 4.90. The van der Waals surface area contributed by atoms with Gasteiger partial charge >= 0.3 is 5.97 Å². The van der Waals surface area contributed by atoms with Gasteiger partial charge in [-0.05, 0) is 48.7 Å². The maximum Gasteiger partial charge on any atom is 0.354 e. The van der Waals surface area contributed by atoms with Crippen LogP contribution in [0, 0.1) is 0 Å². The van der Waals surface area contributed by atoms with Gasteiger partial charge in [0.05, 0.1) is 19.3 Å². The lowest BCUT2D eigenvalue weighted by Gasteiger charge is -2.15. The summed E-state index contributed by atoms with van der Waals surface area (Å²) in [7, 11) is 1.66. The summed E-state index contributed by atoms with van der Waals surface area (Å²) in [4.78, 5) is 15.4. The predicted octanol–water partition coefficient (Wildman–Crippen LogP) is 4.30. The molecule has 3 rings (SSSR count). The Morgan fingerprint density at radius 2 is 2.08 bits per heavy atom. The van der Waals surface area contributed by atoms with E-state index < -0.39 is 5.97 Å². The van der Waals surface area contributed by atoms with Gasteiger partial charge in [-0.25, -0.2) is 9.78 Å². The number of carboxylic acid groups (broad SMARTS) is 1. The molecular formula is C20H22N2O3. The van der Waals surface area contributed by atoms with Gasteiger partial charge < -0.3 is 14.4 Å². The highest BCUT2D eigenvalue weighted by molar-refractivity contribution is 5.85. The molecule has 130 valence electrons. The van der Waals surface area contributed by atoms with Gasteiger partial charge in [-0.3, -0.25) is 0 Å². The number of rotatable bonds is 6. The molecule has 0 bridgehead atoms. The fraction of sp³-hybridized carbons (Fsp3) is 0.300. The highest BCUT2D eigenvalue weighted by atomic mass is 16.5. The largest absolute Gasteiger partial charge is 0.497 e. The molecule has 0 spiro atoms. The zero-order chi connectivity index (χ0) is 18.0. The third kappa shape index (κ3) is 3.36. The van der Waals surface area contributed by atoms with Crippen molar-refractivity contribution in [2.24, 2.45) is 0 Å². The van der Waals surface area contributed by atoms with Crippen LogP contribution in [0.15, 0.2) is 42.5 Å². The first kappa shape index (κ1) is 17.0. The Bertz CT molecular complexity index is 914. The van der Waals surface area contributed by atoms with Gasteiger partial charge in [-0.15, -0.1) is 0 Å². The van der Waals surface area contributed by atoms with E-state index in [1.165, 1.54) is 11.8 Å². The van der Waals surface area contributed by atoms with E-state index in [0.29, 0.717) is 12.5 Å². The number of benzene rings is 1. The Labute approximate surface area is 146 Å². The highest BCUT2D eigenvalue weighted by Gasteiger charge is 2.15. The minimum absolute atomic E-state index is 0.0701. The van der Waals surface area contributed by atoms with Gasteiger partial charge in [0.15, 0.2) is 0 Å². The molecule has 0 aliphatic rings. The molecule has 0 saturated carbocycles. The molecule has 2 aromatic heterocycles. The highest BCUT2D eigenvalue weighted by Crippen LogP contribution is 2.30. The first-order chi connectivity index (χ1) is 12.0. The number of aromatic carboxylic acids is 1. The summed E-state index contributed by atoms with van der Waals surface area (Å²) in [5.74, 6) is 0.207. The monoisotopic (exact) mass is 338 g/mol. The van der Waals surface area contributed by atoms with Crippen molar-refractivity contribution in [2.45, 2.75) is 32.7 Å². The molecule has 1 unspecified atom stereocenters. The maximum absolute atomic E-state index is 11.2. The Morgan fingerprint density at radius 3 is 2.76 bits per heavy atom. The SMILES string of the molecule is CCC(C)c1cc2cc(OC)ccc2n1Cc1cccc(C(=O)O)n1. The lowest BCUT2D eigenvalue weighted by Crippen LogP contribution is -2.10. The Hall–Kier alpha value is -2.82. The van der Waals surface area contributed by atoms with Crippen molar-refractivity contribution in [3.05, 3.63) is 59.5 Å². The minimum atomic E-state index is -1.01. The summed E-state index contributed by atoms with van der Waals surface area (Å²) < 4.78 is 7.55. The van der Waals surface area contributed by atoms with Crippen LogP contribution in [-0.2, 0) is 6.54 Å². The van der Waals surface area contributed by atoms with Gasteiger partial charge in [0.25, 0.3) is 0 Å². The molecule has 0 radical (unpaired) electrons. The first-order valence-corrected chi connectivity index (χ1v) is 8.40. The Kier molecular flexibility index (Phi) is 4.74. The molecule has 2 heterocycles. The molecule has 0 aliphatic heterocycles. The number of pyridine rings is 1. The van der Waals surface area contributed by atoms with Crippen LogP contribution in [0.3, 0.4) is 0 Å². The number of aromatic nitrogens is 2. The second-order valence-electron chi connectivity index (χ2n) is 6.21. The zero-order valence-corrected chi connectivity index (χ0v) is 14.7. The van der Waals surface area contributed by atoms with E-state index >= 15 is 0 Å². The van der Waals surface area contributed by atoms with Crippen LogP contribution < -0.4 is 4.74 Å². The minimum Gasteiger partial charge on any atom is -0.497 e. The predicted molar refractivity (Wildman–Crippen MR) is 97.5 cm³/mol. The van der Waals surface area contributed by atoms with Crippen molar-refractivity contribution >= 4 is 16.9 Å². The number of nitrogens with zero attached hydrogens (tertiary/aromatic N) is 2. The molecule has 0 aliphatic carbocycles. The molecule has 0 fully saturated rings. The second kappa shape index (κ2) is 6.97. The van der Waals surface area contributed by atoms with Gasteiger partial charge in [-0.1, -0.05) is 19.9 Å². The van der Waals surface area contributed by atoms with E-state index in [2.05, 4.69) is 29.5 Å². The number of hydrogen-bond donors (Lipinski definition) is 1. The van der Waals surface area contributed by atoms with E-state index in [9.17, 15) is 4.79 Å². The normalized spacial score (nSPS) is 12.3. The summed E-state index contributed by atoms with van der Waals surface area (Å²) in [5, 5.41) is 10.3. The molecule has 1 atom stereocenters. The van der Waals surface area contributed by atoms with Crippen LogP contribution in [-0.4, -0.2) is 27.7 Å². The summed E-state index contributed by atoms with van der Waals surface area (Å²) in [5.41, 5.74) is 3.12. The van der Waals surface area contributed by atoms with Crippen LogP contribution in [0.5, 0.6) is 5.75 Å². The van der Waals surface area contributed by atoms with Crippen molar-refractivity contribution in [3.63, 3.8) is 0 Å². The number of carboxylic acids is 1. The van der Waals surface area contributed by atoms with Crippen molar-refractivity contribution in [1.29, 1.82) is 0 Å². The van der Waals surface area contributed by atoms with E-state index in [4.69, 9.17) is 9.84 Å². The molecule has 3 aromatic rings. The average Bonchev–Trinajstić information content (AvgIpc) is 2.98. The van der Waals surface area contributed by atoms with E-state index in [1.807, 2.05) is 24.3 Å². The number of carbonyl (C=O) groups is 1. The molecule has 25 heavy (non-hydrogen) atoms. The molecule has 0 saturated heterocycles. The third-order valence-corrected chi connectivity index (χ3v) is 4.60.